The number of aromatic nitrogens is 1. The molecular weight excluding hydrogens is 348 g/mol. The van der Waals surface area contributed by atoms with Gasteiger partial charge in [-0.25, -0.2) is 9.78 Å². The van der Waals surface area contributed by atoms with Crippen molar-refractivity contribution in [3.63, 3.8) is 0 Å². The molecule has 0 atom stereocenters. The molecule has 0 aliphatic rings. The Labute approximate surface area is 127 Å². The van der Waals surface area contributed by atoms with E-state index in [4.69, 9.17) is 16.7 Å². The second-order valence-corrected chi connectivity index (χ2v) is 5.04. The Morgan fingerprint density at radius 2 is 2.00 bits per heavy atom. The minimum Gasteiger partial charge on any atom is -0.478 e. The van der Waals surface area contributed by atoms with Crippen molar-refractivity contribution in [2.45, 2.75) is 0 Å². The summed E-state index contributed by atoms with van der Waals surface area (Å²) >= 11 is 8.83. The van der Waals surface area contributed by atoms with Gasteiger partial charge in [0.15, 0.2) is 0 Å². The first kappa shape index (κ1) is 14.5. The molecule has 0 saturated heterocycles. The normalized spacial score (nSPS) is 10.1. The average molecular weight is 356 g/mol. The van der Waals surface area contributed by atoms with E-state index in [1.165, 1.54) is 12.1 Å². The van der Waals surface area contributed by atoms with Gasteiger partial charge in [0.1, 0.15) is 10.8 Å². The molecule has 0 aliphatic carbocycles. The van der Waals surface area contributed by atoms with Gasteiger partial charge in [0.25, 0.3) is 5.91 Å². The van der Waals surface area contributed by atoms with E-state index in [9.17, 15) is 9.59 Å². The SMILES string of the molecule is O=C(Nc1ccc(Br)c(C(=O)O)c1)c1cccc(Cl)n1. The van der Waals surface area contributed by atoms with Crippen LogP contribution in [-0.4, -0.2) is 22.0 Å². The maximum absolute atomic E-state index is 11.9. The van der Waals surface area contributed by atoms with E-state index in [1.54, 1.807) is 24.3 Å². The van der Waals surface area contributed by atoms with Crippen LogP contribution in [0, 0.1) is 0 Å². The zero-order valence-corrected chi connectivity index (χ0v) is 12.3. The van der Waals surface area contributed by atoms with Crippen molar-refractivity contribution in [1.82, 2.24) is 4.98 Å². The van der Waals surface area contributed by atoms with Gasteiger partial charge in [0.2, 0.25) is 0 Å². The van der Waals surface area contributed by atoms with Gasteiger partial charge in [0, 0.05) is 10.2 Å². The van der Waals surface area contributed by atoms with Gasteiger partial charge >= 0.3 is 5.97 Å². The van der Waals surface area contributed by atoms with Crippen LogP contribution in [-0.2, 0) is 0 Å². The number of carboxylic acids is 1. The Balaban J connectivity index is 2.24. The lowest BCUT2D eigenvalue weighted by molar-refractivity contribution is 0.0695. The van der Waals surface area contributed by atoms with Crippen molar-refractivity contribution in [3.8, 4) is 0 Å². The molecule has 0 spiro atoms. The molecule has 2 N–H and O–H groups in total. The fraction of sp³-hybridized carbons (Fsp3) is 0. The molecule has 0 radical (unpaired) electrons. The molecule has 1 heterocycles. The van der Waals surface area contributed by atoms with Crippen LogP contribution in [0.25, 0.3) is 0 Å². The summed E-state index contributed by atoms with van der Waals surface area (Å²) in [6.45, 7) is 0. The summed E-state index contributed by atoms with van der Waals surface area (Å²) in [5.74, 6) is -1.56. The molecule has 2 rings (SSSR count). The number of pyridine rings is 1. The smallest absolute Gasteiger partial charge is 0.336 e. The number of aromatic carboxylic acids is 1. The predicted octanol–water partition coefficient (Wildman–Crippen LogP) is 3.45. The fourth-order valence-corrected chi connectivity index (χ4v) is 2.08. The monoisotopic (exact) mass is 354 g/mol. The number of anilines is 1. The van der Waals surface area contributed by atoms with E-state index in [0.29, 0.717) is 10.2 Å². The van der Waals surface area contributed by atoms with Crippen molar-refractivity contribution in [2.24, 2.45) is 0 Å². The number of carbonyl (C=O) groups excluding carboxylic acids is 1. The number of rotatable bonds is 3. The first-order valence-electron chi connectivity index (χ1n) is 5.44. The fourth-order valence-electron chi connectivity index (χ4n) is 1.50. The molecule has 0 aliphatic heterocycles. The lowest BCUT2D eigenvalue weighted by Gasteiger charge is -2.07. The van der Waals surface area contributed by atoms with Crippen LogP contribution in [0.15, 0.2) is 40.9 Å². The summed E-state index contributed by atoms with van der Waals surface area (Å²) in [6.07, 6.45) is 0. The molecular formula is C13H8BrClN2O3. The van der Waals surface area contributed by atoms with Crippen LogP contribution in [0.2, 0.25) is 5.15 Å². The third kappa shape index (κ3) is 3.34. The number of nitrogens with zero attached hydrogens (tertiary/aromatic N) is 1. The third-order valence-electron chi connectivity index (χ3n) is 2.40. The molecule has 0 fully saturated rings. The lowest BCUT2D eigenvalue weighted by atomic mass is 10.2. The van der Waals surface area contributed by atoms with Crippen LogP contribution < -0.4 is 5.32 Å². The Bertz CT molecular complexity index is 691. The highest BCUT2D eigenvalue weighted by atomic mass is 79.9. The topological polar surface area (TPSA) is 79.3 Å². The summed E-state index contributed by atoms with van der Waals surface area (Å²) in [5, 5.41) is 11.8. The number of carboxylic acid groups (broad SMARTS) is 1. The van der Waals surface area contributed by atoms with E-state index in [2.05, 4.69) is 26.2 Å². The summed E-state index contributed by atoms with van der Waals surface area (Å²) in [7, 11) is 0. The third-order valence-corrected chi connectivity index (χ3v) is 3.30. The molecule has 1 aromatic heterocycles. The maximum atomic E-state index is 11.9. The number of nitrogens with one attached hydrogen (secondary N) is 1. The first-order chi connectivity index (χ1) is 9.47. The molecule has 0 unspecified atom stereocenters. The predicted molar refractivity (Wildman–Crippen MR) is 78.3 cm³/mol. The van der Waals surface area contributed by atoms with Crippen molar-refractivity contribution in [3.05, 3.63) is 57.3 Å². The largest absolute Gasteiger partial charge is 0.478 e. The lowest BCUT2D eigenvalue weighted by Crippen LogP contribution is -2.14. The summed E-state index contributed by atoms with van der Waals surface area (Å²) in [4.78, 5) is 26.8. The molecule has 102 valence electrons. The molecule has 5 nitrogen and oxygen atoms in total. The first-order valence-corrected chi connectivity index (χ1v) is 6.61. The highest BCUT2D eigenvalue weighted by molar-refractivity contribution is 9.10. The second kappa shape index (κ2) is 6.02. The highest BCUT2D eigenvalue weighted by Gasteiger charge is 2.12. The van der Waals surface area contributed by atoms with Gasteiger partial charge in [-0.1, -0.05) is 17.7 Å². The molecule has 0 saturated carbocycles. The summed E-state index contributed by atoms with van der Waals surface area (Å²) in [5.41, 5.74) is 0.566. The Hall–Kier alpha value is -1.92. The average Bonchev–Trinajstić information content (AvgIpc) is 2.40. The minimum atomic E-state index is -1.09. The van der Waals surface area contributed by atoms with Crippen molar-refractivity contribution < 1.29 is 14.7 Å². The van der Waals surface area contributed by atoms with Crippen LogP contribution in [0.1, 0.15) is 20.8 Å². The summed E-state index contributed by atoms with van der Waals surface area (Å²) < 4.78 is 0.434. The van der Waals surface area contributed by atoms with Crippen molar-refractivity contribution in [1.29, 1.82) is 0 Å². The number of halogens is 2. The molecule has 0 bridgehead atoms. The van der Waals surface area contributed by atoms with Gasteiger partial charge in [0.05, 0.1) is 5.56 Å². The molecule has 1 aromatic carbocycles. The maximum Gasteiger partial charge on any atom is 0.336 e. The second-order valence-electron chi connectivity index (χ2n) is 3.80. The molecule has 1 amide bonds. The standard InChI is InChI=1S/C13H8BrClN2O3/c14-9-5-4-7(6-8(9)13(19)20)16-12(18)10-2-1-3-11(15)17-10/h1-6H,(H,16,18)(H,19,20). The van der Waals surface area contributed by atoms with Gasteiger partial charge in [-0.2, -0.15) is 0 Å². The Morgan fingerprint density at radius 1 is 1.25 bits per heavy atom. The van der Waals surface area contributed by atoms with Gasteiger partial charge in [-0.3, -0.25) is 4.79 Å². The van der Waals surface area contributed by atoms with Crippen LogP contribution in [0.4, 0.5) is 5.69 Å². The quantitative estimate of drug-likeness (QED) is 0.827. The number of carbonyl (C=O) groups is 2. The van der Waals surface area contributed by atoms with Gasteiger partial charge < -0.3 is 10.4 Å². The number of amides is 1. The Kier molecular flexibility index (Phi) is 4.36. The molecule has 2 aromatic rings. The number of hydrogen-bond acceptors (Lipinski definition) is 3. The van der Waals surface area contributed by atoms with E-state index in [0.717, 1.165) is 0 Å². The minimum absolute atomic E-state index is 0.0573. The number of hydrogen-bond donors (Lipinski definition) is 2. The number of benzene rings is 1. The van der Waals surface area contributed by atoms with E-state index in [-0.39, 0.29) is 16.4 Å². The van der Waals surface area contributed by atoms with Gasteiger partial charge in [-0.15, -0.1) is 0 Å². The van der Waals surface area contributed by atoms with Crippen LogP contribution in [0.5, 0.6) is 0 Å². The highest BCUT2D eigenvalue weighted by Crippen LogP contribution is 2.21. The summed E-state index contributed by atoms with van der Waals surface area (Å²) in [6, 6.07) is 9.16. The van der Waals surface area contributed by atoms with Crippen molar-refractivity contribution >= 4 is 45.1 Å². The zero-order valence-electron chi connectivity index (χ0n) is 9.93. The van der Waals surface area contributed by atoms with E-state index in [1.807, 2.05) is 0 Å². The van der Waals surface area contributed by atoms with E-state index >= 15 is 0 Å². The van der Waals surface area contributed by atoms with E-state index < -0.39 is 11.9 Å². The van der Waals surface area contributed by atoms with Crippen LogP contribution >= 0.6 is 27.5 Å². The Morgan fingerprint density at radius 3 is 2.65 bits per heavy atom. The van der Waals surface area contributed by atoms with Crippen LogP contribution in [0.3, 0.4) is 0 Å². The zero-order chi connectivity index (χ0) is 14.7. The van der Waals surface area contributed by atoms with Gasteiger partial charge in [-0.05, 0) is 46.3 Å². The molecule has 7 heteroatoms. The van der Waals surface area contributed by atoms with Crippen molar-refractivity contribution in [2.75, 3.05) is 5.32 Å². The molecule has 20 heavy (non-hydrogen) atoms.